The summed E-state index contributed by atoms with van der Waals surface area (Å²) in [6.45, 7) is 1.53. The molecule has 1 fully saturated rings. The Balaban J connectivity index is 1.34. The van der Waals surface area contributed by atoms with Crippen LogP contribution in [-0.2, 0) is 15.1 Å². The summed E-state index contributed by atoms with van der Waals surface area (Å²) >= 11 is 0. The van der Waals surface area contributed by atoms with Crippen LogP contribution in [0.1, 0.15) is 45.3 Å². The van der Waals surface area contributed by atoms with Crippen molar-refractivity contribution in [1.82, 2.24) is 9.13 Å². The maximum Gasteiger partial charge on any atom is 0.340 e. The molecule has 1 N–H and O–H groups in total. The number of aromatic nitrogens is 2. The van der Waals surface area contributed by atoms with E-state index >= 15 is 0 Å². The van der Waals surface area contributed by atoms with Crippen LogP contribution in [0.3, 0.4) is 0 Å². The largest absolute Gasteiger partial charge is 0.390 e. The van der Waals surface area contributed by atoms with Gasteiger partial charge < -0.3 is 14.6 Å². The van der Waals surface area contributed by atoms with Gasteiger partial charge in [-0.15, -0.1) is 0 Å². The Morgan fingerprint density at radius 3 is 1.80 bits per heavy atom. The van der Waals surface area contributed by atoms with Crippen LogP contribution in [0.15, 0.2) is 137 Å². The molecule has 1 aliphatic heterocycles. The van der Waals surface area contributed by atoms with Gasteiger partial charge in [0.1, 0.15) is 17.9 Å². The first-order valence-electron chi connectivity index (χ1n) is 14.5. The van der Waals surface area contributed by atoms with Crippen molar-refractivity contribution in [3.8, 4) is 0 Å². The van der Waals surface area contributed by atoms with E-state index in [-0.39, 0.29) is 24.2 Å². The van der Waals surface area contributed by atoms with Gasteiger partial charge in [-0.2, -0.15) is 4.57 Å². The molecule has 44 heavy (non-hydrogen) atoms. The number of hydrogen-bond donors (Lipinski definition) is 1. The molecule has 2 heterocycles. The quantitative estimate of drug-likeness (QED) is 0.265. The van der Waals surface area contributed by atoms with Gasteiger partial charge in [-0.25, -0.2) is 4.79 Å². The molecule has 8 nitrogen and oxygen atoms in total. The molecule has 0 aliphatic carbocycles. The third kappa shape index (κ3) is 5.35. The second kappa shape index (κ2) is 12.4. The van der Waals surface area contributed by atoms with Crippen LogP contribution in [0.25, 0.3) is 0 Å². The minimum absolute atomic E-state index is 0.00727. The van der Waals surface area contributed by atoms with Crippen LogP contribution in [-0.4, -0.2) is 39.0 Å². The summed E-state index contributed by atoms with van der Waals surface area (Å²) in [4.78, 5) is 39.7. The normalized spacial score (nSPS) is 18.3. The summed E-state index contributed by atoms with van der Waals surface area (Å²) < 4.78 is 14.9. The maximum absolute atomic E-state index is 13.5. The predicted octanol–water partition coefficient (Wildman–Crippen LogP) is 4.66. The molecule has 3 atom stereocenters. The maximum atomic E-state index is 13.5. The van der Waals surface area contributed by atoms with Crippen molar-refractivity contribution in [1.29, 1.82) is 0 Å². The van der Waals surface area contributed by atoms with Crippen LogP contribution >= 0.6 is 0 Å². The molecule has 0 saturated carbocycles. The molecule has 5 aromatic rings. The van der Waals surface area contributed by atoms with E-state index in [9.17, 15) is 19.5 Å². The standard InChI is InChI=1S/C36H32N2O6/c1-25-23-37(35(42)38(33(25)40)34(41)26-14-6-2-7-15-26)32-22-30(39)31(44-32)24-43-36(27-16-8-3-9-17-27,28-18-10-4-11-19-28)29-20-12-5-13-21-29/h2-21,23,30-32,39H,22,24H2,1H3/t30-,31+,32+/m0/s1. The highest BCUT2D eigenvalue weighted by Gasteiger charge is 2.42. The van der Waals surface area contributed by atoms with Gasteiger partial charge in [-0.05, 0) is 35.7 Å². The molecule has 0 radical (unpaired) electrons. The van der Waals surface area contributed by atoms with Crippen molar-refractivity contribution in [3.63, 3.8) is 0 Å². The van der Waals surface area contributed by atoms with Gasteiger partial charge in [0.2, 0.25) is 0 Å². The molecule has 6 rings (SSSR count). The van der Waals surface area contributed by atoms with Gasteiger partial charge in [0, 0.05) is 23.7 Å². The van der Waals surface area contributed by atoms with Gasteiger partial charge in [0.05, 0.1) is 12.7 Å². The highest BCUT2D eigenvalue weighted by Crippen LogP contribution is 2.41. The van der Waals surface area contributed by atoms with Crippen LogP contribution in [0.5, 0.6) is 0 Å². The average molecular weight is 589 g/mol. The summed E-state index contributed by atoms with van der Waals surface area (Å²) in [5.41, 5.74) is 0.564. The Morgan fingerprint density at radius 2 is 1.30 bits per heavy atom. The van der Waals surface area contributed by atoms with E-state index in [0.29, 0.717) is 4.57 Å². The summed E-state index contributed by atoms with van der Waals surface area (Å²) in [6.07, 6.45) is -1.24. The first-order valence-corrected chi connectivity index (χ1v) is 14.5. The molecule has 1 aromatic heterocycles. The number of aliphatic hydroxyl groups excluding tert-OH is 1. The van der Waals surface area contributed by atoms with Crippen LogP contribution in [0.4, 0.5) is 0 Å². The minimum Gasteiger partial charge on any atom is -0.390 e. The first-order chi connectivity index (χ1) is 21.4. The Hall–Kier alpha value is -4.89. The number of nitrogens with zero attached hydrogens (tertiary/aromatic N) is 2. The first kappa shape index (κ1) is 29.2. The number of ether oxygens (including phenoxy) is 2. The van der Waals surface area contributed by atoms with E-state index in [2.05, 4.69) is 0 Å². The fourth-order valence-corrected chi connectivity index (χ4v) is 5.80. The monoisotopic (exact) mass is 588 g/mol. The second-order valence-corrected chi connectivity index (χ2v) is 10.8. The van der Waals surface area contributed by atoms with Gasteiger partial charge in [-0.1, -0.05) is 109 Å². The number of hydrogen-bond acceptors (Lipinski definition) is 6. The lowest BCUT2D eigenvalue weighted by Crippen LogP contribution is -2.45. The SMILES string of the molecule is Cc1cn([C@H]2C[C@H](O)[C@@H](COC(c3ccccc3)(c3ccccc3)c3ccccc3)O2)c(=O)n(C(=O)c2ccccc2)c1=O. The van der Waals surface area contributed by atoms with Gasteiger partial charge >= 0.3 is 5.69 Å². The number of rotatable bonds is 8. The topological polar surface area (TPSA) is 99.8 Å². The van der Waals surface area contributed by atoms with Crippen molar-refractivity contribution in [2.75, 3.05) is 6.61 Å². The third-order valence-corrected chi connectivity index (χ3v) is 8.03. The zero-order chi connectivity index (χ0) is 30.7. The number of aryl methyl sites for hydroxylation is 1. The Labute approximate surface area is 254 Å². The number of carbonyl (C=O) groups excluding carboxylic acids is 1. The lowest BCUT2D eigenvalue weighted by molar-refractivity contribution is -0.0945. The molecule has 0 unspecified atom stereocenters. The molecule has 8 heteroatoms. The fraction of sp³-hybridized carbons (Fsp3) is 0.194. The van der Waals surface area contributed by atoms with Gasteiger partial charge in [0.15, 0.2) is 0 Å². The van der Waals surface area contributed by atoms with Crippen molar-refractivity contribution in [2.45, 2.75) is 37.4 Å². The van der Waals surface area contributed by atoms with Crippen LogP contribution in [0, 0.1) is 6.92 Å². The summed E-state index contributed by atoms with van der Waals surface area (Å²) in [6, 6.07) is 37.7. The molecule has 0 bridgehead atoms. The average Bonchev–Trinajstić information content (AvgIpc) is 3.44. The van der Waals surface area contributed by atoms with Gasteiger partial charge in [-0.3, -0.25) is 14.2 Å². The number of carbonyl (C=O) groups is 1. The zero-order valence-corrected chi connectivity index (χ0v) is 24.2. The lowest BCUT2D eigenvalue weighted by Gasteiger charge is -2.37. The fourth-order valence-electron chi connectivity index (χ4n) is 5.80. The summed E-state index contributed by atoms with van der Waals surface area (Å²) in [7, 11) is 0. The van der Waals surface area contributed by atoms with E-state index in [0.717, 1.165) is 16.7 Å². The second-order valence-electron chi connectivity index (χ2n) is 10.8. The van der Waals surface area contributed by atoms with Crippen molar-refractivity contribution in [3.05, 3.63) is 176 Å². The summed E-state index contributed by atoms with van der Waals surface area (Å²) in [5, 5.41) is 11.1. The predicted molar refractivity (Wildman–Crippen MR) is 166 cm³/mol. The van der Waals surface area contributed by atoms with E-state index in [4.69, 9.17) is 9.47 Å². The number of benzene rings is 4. The molecule has 0 spiro atoms. The number of aliphatic hydroxyl groups is 1. The van der Waals surface area contributed by atoms with E-state index in [1.165, 1.54) is 17.7 Å². The van der Waals surface area contributed by atoms with Crippen LogP contribution in [0.2, 0.25) is 0 Å². The molecular weight excluding hydrogens is 556 g/mol. The summed E-state index contributed by atoms with van der Waals surface area (Å²) in [5.74, 6) is -0.727. The molecule has 0 amide bonds. The molecule has 1 saturated heterocycles. The molecule has 222 valence electrons. The van der Waals surface area contributed by atoms with E-state index < -0.39 is 41.2 Å². The van der Waals surface area contributed by atoms with E-state index in [1.807, 2.05) is 91.0 Å². The zero-order valence-electron chi connectivity index (χ0n) is 24.2. The van der Waals surface area contributed by atoms with Gasteiger partial charge in [0.25, 0.3) is 11.5 Å². The lowest BCUT2D eigenvalue weighted by atomic mass is 9.80. The smallest absolute Gasteiger partial charge is 0.340 e. The van der Waals surface area contributed by atoms with Crippen molar-refractivity contribution < 1.29 is 19.4 Å². The molecule has 1 aliphatic rings. The molecular formula is C36H32N2O6. The Morgan fingerprint density at radius 1 is 0.818 bits per heavy atom. The van der Waals surface area contributed by atoms with Crippen molar-refractivity contribution in [2.24, 2.45) is 0 Å². The molecule has 4 aromatic carbocycles. The van der Waals surface area contributed by atoms with Crippen molar-refractivity contribution >= 4 is 5.91 Å². The van der Waals surface area contributed by atoms with Crippen LogP contribution < -0.4 is 11.2 Å². The Kier molecular flexibility index (Phi) is 8.21. The minimum atomic E-state index is -1.02. The third-order valence-electron chi connectivity index (χ3n) is 8.03. The van der Waals surface area contributed by atoms with E-state index in [1.54, 1.807) is 30.3 Å². The highest BCUT2D eigenvalue weighted by atomic mass is 16.6. The highest BCUT2D eigenvalue weighted by molar-refractivity contribution is 5.95. The Bertz CT molecular complexity index is 1760.